The van der Waals surface area contributed by atoms with Crippen molar-refractivity contribution in [2.24, 2.45) is 0 Å². The Hall–Kier alpha value is 0.0200. The number of carbonyl (C=O) groups excluding carboxylic acids is 1. The molecule has 0 saturated carbocycles. The molecule has 0 rings (SSSR count). The molecule has 0 spiro atoms. The van der Waals surface area contributed by atoms with E-state index in [9.17, 15) is 4.79 Å². The monoisotopic (exact) mass is 174 g/mol. The molecule has 0 fully saturated rings. The summed E-state index contributed by atoms with van der Waals surface area (Å²) in [5.41, 5.74) is 0. The standard InChI is InChI=1S/C9H18OS/c1-3-4-5-6-9(11)7-8(2)10/h9,11H,3-7H2,1-2H3. The molecule has 0 aliphatic rings. The number of unbranched alkanes of at least 4 members (excludes halogenated alkanes) is 2. The fourth-order valence-corrected chi connectivity index (χ4v) is 1.50. The van der Waals surface area contributed by atoms with Crippen molar-refractivity contribution in [1.82, 2.24) is 0 Å². The van der Waals surface area contributed by atoms with E-state index in [1.807, 2.05) is 0 Å². The quantitative estimate of drug-likeness (QED) is 0.484. The van der Waals surface area contributed by atoms with Crippen LogP contribution >= 0.6 is 12.6 Å². The summed E-state index contributed by atoms with van der Waals surface area (Å²) in [5.74, 6) is 0.251. The minimum atomic E-state index is 0.251. The van der Waals surface area contributed by atoms with Gasteiger partial charge in [0.1, 0.15) is 5.78 Å². The lowest BCUT2D eigenvalue weighted by atomic mass is 10.1. The third-order valence-corrected chi connectivity index (χ3v) is 2.10. The zero-order valence-corrected chi connectivity index (χ0v) is 8.36. The van der Waals surface area contributed by atoms with Gasteiger partial charge in [0.25, 0.3) is 0 Å². The van der Waals surface area contributed by atoms with Crippen LogP contribution in [0.1, 0.15) is 46.0 Å². The molecule has 1 atom stereocenters. The van der Waals surface area contributed by atoms with Crippen LogP contribution in [-0.2, 0) is 4.79 Å². The molecule has 0 amide bonds. The van der Waals surface area contributed by atoms with Crippen LogP contribution < -0.4 is 0 Å². The number of hydrogen-bond acceptors (Lipinski definition) is 2. The Morgan fingerprint density at radius 2 is 2.09 bits per heavy atom. The van der Waals surface area contributed by atoms with Gasteiger partial charge in [-0.2, -0.15) is 12.6 Å². The summed E-state index contributed by atoms with van der Waals surface area (Å²) in [6.45, 7) is 3.81. The van der Waals surface area contributed by atoms with Gasteiger partial charge in [0.15, 0.2) is 0 Å². The van der Waals surface area contributed by atoms with Crippen LogP contribution in [-0.4, -0.2) is 11.0 Å². The third-order valence-electron chi connectivity index (χ3n) is 1.66. The maximum Gasteiger partial charge on any atom is 0.130 e. The van der Waals surface area contributed by atoms with Crippen LogP contribution in [0, 0.1) is 0 Å². The van der Waals surface area contributed by atoms with E-state index in [1.54, 1.807) is 6.92 Å². The summed E-state index contributed by atoms with van der Waals surface area (Å²) in [6.07, 6.45) is 5.41. The molecule has 0 bridgehead atoms. The molecule has 1 nitrogen and oxygen atoms in total. The van der Waals surface area contributed by atoms with Gasteiger partial charge >= 0.3 is 0 Å². The first-order chi connectivity index (χ1) is 5.16. The van der Waals surface area contributed by atoms with Crippen LogP contribution in [0.25, 0.3) is 0 Å². The zero-order chi connectivity index (χ0) is 8.69. The number of carbonyl (C=O) groups is 1. The van der Waals surface area contributed by atoms with Crippen LogP contribution in [0.3, 0.4) is 0 Å². The fourth-order valence-electron chi connectivity index (χ4n) is 1.06. The molecular weight excluding hydrogens is 156 g/mol. The van der Waals surface area contributed by atoms with E-state index in [1.165, 1.54) is 19.3 Å². The fraction of sp³-hybridized carbons (Fsp3) is 0.889. The summed E-state index contributed by atoms with van der Waals surface area (Å²) in [5, 5.41) is 0.291. The molecule has 0 aromatic carbocycles. The van der Waals surface area contributed by atoms with Crippen LogP contribution in [0.15, 0.2) is 0 Å². The molecule has 0 heterocycles. The average Bonchev–Trinajstić information content (AvgIpc) is 1.86. The van der Waals surface area contributed by atoms with Gasteiger partial charge in [-0.1, -0.05) is 26.2 Å². The lowest BCUT2D eigenvalue weighted by Gasteiger charge is -2.06. The molecular formula is C9H18OS. The number of hydrogen-bond donors (Lipinski definition) is 1. The highest BCUT2D eigenvalue weighted by Gasteiger charge is 2.04. The maximum absolute atomic E-state index is 10.6. The third kappa shape index (κ3) is 7.92. The van der Waals surface area contributed by atoms with E-state index in [4.69, 9.17) is 0 Å². The van der Waals surface area contributed by atoms with E-state index in [2.05, 4.69) is 19.6 Å². The van der Waals surface area contributed by atoms with Crippen molar-refractivity contribution in [3.8, 4) is 0 Å². The topological polar surface area (TPSA) is 17.1 Å². The molecule has 2 heteroatoms. The Morgan fingerprint density at radius 1 is 1.45 bits per heavy atom. The molecule has 0 saturated heterocycles. The van der Waals surface area contributed by atoms with E-state index >= 15 is 0 Å². The molecule has 66 valence electrons. The van der Waals surface area contributed by atoms with E-state index in [0.717, 1.165) is 6.42 Å². The highest BCUT2D eigenvalue weighted by atomic mass is 32.1. The Kier molecular flexibility index (Phi) is 6.73. The minimum Gasteiger partial charge on any atom is -0.300 e. The smallest absolute Gasteiger partial charge is 0.130 e. The van der Waals surface area contributed by atoms with E-state index in [0.29, 0.717) is 11.7 Å². The summed E-state index contributed by atoms with van der Waals surface area (Å²) >= 11 is 4.32. The number of thiol groups is 1. The normalized spacial score (nSPS) is 13.0. The molecule has 11 heavy (non-hydrogen) atoms. The van der Waals surface area contributed by atoms with Crippen molar-refractivity contribution >= 4 is 18.4 Å². The van der Waals surface area contributed by atoms with Crippen molar-refractivity contribution in [1.29, 1.82) is 0 Å². The van der Waals surface area contributed by atoms with Crippen LogP contribution in [0.4, 0.5) is 0 Å². The second kappa shape index (κ2) is 6.71. The largest absolute Gasteiger partial charge is 0.300 e. The Bertz CT molecular complexity index is 112. The van der Waals surface area contributed by atoms with Gasteiger partial charge < -0.3 is 0 Å². The first-order valence-electron chi connectivity index (χ1n) is 4.34. The highest BCUT2D eigenvalue weighted by molar-refractivity contribution is 7.81. The summed E-state index contributed by atoms with van der Waals surface area (Å²) in [7, 11) is 0. The van der Waals surface area contributed by atoms with Crippen molar-refractivity contribution < 1.29 is 4.79 Å². The molecule has 1 unspecified atom stereocenters. The maximum atomic E-state index is 10.6. The molecule has 0 N–H and O–H groups in total. The Labute approximate surface area is 75.0 Å². The van der Waals surface area contributed by atoms with Crippen LogP contribution in [0.5, 0.6) is 0 Å². The number of Topliss-reactive ketones (excluding diaryl/α,β-unsaturated/α-hetero) is 1. The second-order valence-electron chi connectivity index (χ2n) is 3.06. The number of ketones is 1. The molecule has 0 aliphatic carbocycles. The lowest BCUT2D eigenvalue weighted by molar-refractivity contribution is -0.117. The Morgan fingerprint density at radius 3 is 2.55 bits per heavy atom. The second-order valence-corrected chi connectivity index (χ2v) is 3.79. The Balaban J connectivity index is 3.22. The van der Waals surface area contributed by atoms with Gasteiger partial charge in [-0.3, -0.25) is 4.79 Å². The average molecular weight is 174 g/mol. The molecule has 0 aromatic rings. The van der Waals surface area contributed by atoms with Gasteiger partial charge in [-0.25, -0.2) is 0 Å². The van der Waals surface area contributed by atoms with Gasteiger partial charge in [0.2, 0.25) is 0 Å². The predicted molar refractivity (Wildman–Crippen MR) is 52.2 cm³/mol. The van der Waals surface area contributed by atoms with Crippen LogP contribution in [0.2, 0.25) is 0 Å². The predicted octanol–water partition coefficient (Wildman–Crippen LogP) is 2.84. The number of rotatable bonds is 6. The molecule has 0 aromatic heterocycles. The lowest BCUT2D eigenvalue weighted by Crippen LogP contribution is -2.04. The minimum absolute atomic E-state index is 0.251. The van der Waals surface area contributed by atoms with Crippen molar-refractivity contribution in [3.05, 3.63) is 0 Å². The zero-order valence-electron chi connectivity index (χ0n) is 7.47. The molecule has 0 radical (unpaired) electrons. The summed E-state index contributed by atoms with van der Waals surface area (Å²) < 4.78 is 0. The SMILES string of the molecule is CCCCCC(S)CC(C)=O. The van der Waals surface area contributed by atoms with Gasteiger partial charge in [0.05, 0.1) is 0 Å². The first kappa shape index (κ1) is 11.0. The highest BCUT2D eigenvalue weighted by Crippen LogP contribution is 2.11. The van der Waals surface area contributed by atoms with Crippen molar-refractivity contribution in [2.75, 3.05) is 0 Å². The van der Waals surface area contributed by atoms with Gasteiger partial charge in [-0.15, -0.1) is 0 Å². The molecule has 0 aliphatic heterocycles. The van der Waals surface area contributed by atoms with Crippen molar-refractivity contribution in [2.45, 2.75) is 51.2 Å². The van der Waals surface area contributed by atoms with Crippen molar-refractivity contribution in [3.63, 3.8) is 0 Å². The van der Waals surface area contributed by atoms with E-state index in [-0.39, 0.29) is 5.78 Å². The summed E-state index contributed by atoms with van der Waals surface area (Å²) in [4.78, 5) is 10.6. The summed E-state index contributed by atoms with van der Waals surface area (Å²) in [6, 6.07) is 0. The first-order valence-corrected chi connectivity index (χ1v) is 4.86. The van der Waals surface area contributed by atoms with Gasteiger partial charge in [0, 0.05) is 11.7 Å². The van der Waals surface area contributed by atoms with Gasteiger partial charge in [-0.05, 0) is 13.3 Å². The van der Waals surface area contributed by atoms with E-state index < -0.39 is 0 Å².